The van der Waals surface area contributed by atoms with Crippen LogP contribution in [0, 0.1) is 17.8 Å². The highest BCUT2D eigenvalue weighted by Gasteiger charge is 1.97. The van der Waals surface area contributed by atoms with E-state index < -0.39 is 0 Å². The van der Waals surface area contributed by atoms with Gasteiger partial charge in [0, 0.05) is 12.3 Å². The van der Waals surface area contributed by atoms with Gasteiger partial charge in [-0.2, -0.15) is 0 Å². The first kappa shape index (κ1) is 15.6. The van der Waals surface area contributed by atoms with Crippen LogP contribution < -0.4 is 0 Å². The Hall–Kier alpha value is -0.440. The van der Waals surface area contributed by atoms with Crippen molar-refractivity contribution in [3.8, 4) is 11.8 Å². The molecule has 0 radical (unpaired) electrons. The van der Waals surface area contributed by atoms with Crippen molar-refractivity contribution in [1.82, 2.24) is 0 Å². The maximum atomic E-state index is 3.30. The molecule has 1 atom stereocenters. The fraction of sp³-hybridized carbons (Fsp3) is 0.875. The van der Waals surface area contributed by atoms with E-state index >= 15 is 0 Å². The van der Waals surface area contributed by atoms with Gasteiger partial charge in [0.15, 0.2) is 0 Å². The van der Waals surface area contributed by atoms with Crippen molar-refractivity contribution >= 4 is 0 Å². The quantitative estimate of drug-likeness (QED) is 0.353. The highest BCUT2D eigenvalue weighted by atomic mass is 14.0. The molecule has 0 N–H and O–H groups in total. The Balaban J connectivity index is 3.14. The van der Waals surface area contributed by atoms with Crippen LogP contribution in [0.15, 0.2) is 0 Å². The smallest absolute Gasteiger partial charge is 0.0174 e. The Kier molecular flexibility index (Phi) is 12.3. The van der Waals surface area contributed by atoms with Crippen molar-refractivity contribution in [2.75, 3.05) is 0 Å². The molecule has 0 bridgehead atoms. The summed E-state index contributed by atoms with van der Waals surface area (Å²) in [4.78, 5) is 0. The summed E-state index contributed by atoms with van der Waals surface area (Å²) in [6, 6.07) is 0. The Labute approximate surface area is 103 Å². The average molecular weight is 222 g/mol. The maximum absolute atomic E-state index is 3.30. The van der Waals surface area contributed by atoms with Gasteiger partial charge < -0.3 is 0 Å². The van der Waals surface area contributed by atoms with Gasteiger partial charge in [0.1, 0.15) is 0 Å². The molecule has 0 amide bonds. The lowest BCUT2D eigenvalue weighted by molar-refractivity contribution is 0.538. The molecule has 0 heterocycles. The fourth-order valence-corrected chi connectivity index (χ4v) is 1.93. The fourth-order valence-electron chi connectivity index (χ4n) is 1.93. The Morgan fingerprint density at radius 3 is 1.94 bits per heavy atom. The molecule has 0 aromatic rings. The predicted molar refractivity (Wildman–Crippen MR) is 74.5 cm³/mol. The third-order valence-corrected chi connectivity index (χ3v) is 3.02. The zero-order valence-corrected chi connectivity index (χ0v) is 11.6. The molecule has 0 aromatic heterocycles. The van der Waals surface area contributed by atoms with Crippen LogP contribution in [-0.2, 0) is 0 Å². The monoisotopic (exact) mass is 222 g/mol. The number of hydrogen-bond acceptors (Lipinski definition) is 0. The molecule has 0 fully saturated rings. The van der Waals surface area contributed by atoms with E-state index in [1.165, 1.54) is 57.8 Å². The van der Waals surface area contributed by atoms with Crippen LogP contribution in [0.25, 0.3) is 0 Å². The number of hydrogen-bond donors (Lipinski definition) is 0. The van der Waals surface area contributed by atoms with Crippen LogP contribution >= 0.6 is 0 Å². The summed E-state index contributed by atoms with van der Waals surface area (Å²) in [6.07, 6.45) is 13.6. The predicted octanol–water partition coefficient (Wildman–Crippen LogP) is 5.57. The van der Waals surface area contributed by atoms with Crippen LogP contribution in [0.3, 0.4) is 0 Å². The van der Waals surface area contributed by atoms with E-state index in [0.717, 1.165) is 6.42 Å². The van der Waals surface area contributed by atoms with Gasteiger partial charge in [0.05, 0.1) is 0 Å². The molecule has 0 rings (SSSR count). The number of rotatable bonds is 9. The zero-order valence-electron chi connectivity index (χ0n) is 11.6. The lowest BCUT2D eigenvalue weighted by Gasteiger charge is -2.04. The minimum absolute atomic E-state index is 0.611. The van der Waals surface area contributed by atoms with E-state index in [2.05, 4.69) is 32.6 Å². The molecule has 0 heteroatoms. The van der Waals surface area contributed by atoms with Crippen LogP contribution in [0.5, 0.6) is 0 Å². The van der Waals surface area contributed by atoms with Gasteiger partial charge in [-0.3, -0.25) is 0 Å². The lowest BCUT2D eigenvalue weighted by atomic mass is 10.0. The van der Waals surface area contributed by atoms with Gasteiger partial charge >= 0.3 is 0 Å². The minimum atomic E-state index is 0.611. The van der Waals surface area contributed by atoms with Crippen LogP contribution in [0.4, 0.5) is 0 Å². The van der Waals surface area contributed by atoms with E-state index in [0.29, 0.717) is 5.92 Å². The SMILES string of the molecule is CCC#CC(C)CCCCCCCCCC. The summed E-state index contributed by atoms with van der Waals surface area (Å²) in [5, 5.41) is 0. The first-order chi connectivity index (χ1) is 7.81. The molecule has 0 aliphatic heterocycles. The summed E-state index contributed by atoms with van der Waals surface area (Å²) in [5.41, 5.74) is 0. The third kappa shape index (κ3) is 11.6. The minimum Gasteiger partial charge on any atom is -0.103 e. The molecule has 0 aliphatic carbocycles. The molecule has 0 nitrogen and oxygen atoms in total. The normalized spacial score (nSPS) is 11.9. The maximum Gasteiger partial charge on any atom is 0.0174 e. The van der Waals surface area contributed by atoms with Crippen molar-refractivity contribution in [3.63, 3.8) is 0 Å². The van der Waals surface area contributed by atoms with E-state index in [-0.39, 0.29) is 0 Å². The van der Waals surface area contributed by atoms with Gasteiger partial charge in [0.25, 0.3) is 0 Å². The van der Waals surface area contributed by atoms with Gasteiger partial charge in [-0.15, -0.1) is 11.8 Å². The Morgan fingerprint density at radius 2 is 1.38 bits per heavy atom. The third-order valence-electron chi connectivity index (χ3n) is 3.02. The number of unbranched alkanes of at least 4 members (excludes halogenated alkanes) is 7. The van der Waals surface area contributed by atoms with E-state index in [1.54, 1.807) is 0 Å². The summed E-state index contributed by atoms with van der Waals surface area (Å²) in [6.45, 7) is 6.65. The first-order valence-electron chi connectivity index (χ1n) is 7.29. The molecule has 0 spiro atoms. The molecule has 0 saturated heterocycles. The molecule has 0 saturated carbocycles. The van der Waals surface area contributed by atoms with Crippen molar-refractivity contribution in [1.29, 1.82) is 0 Å². The molecular formula is C16H30. The molecule has 94 valence electrons. The summed E-state index contributed by atoms with van der Waals surface area (Å²) in [7, 11) is 0. The van der Waals surface area contributed by atoms with Gasteiger partial charge in [-0.05, 0) is 6.42 Å². The molecule has 0 aromatic carbocycles. The second-order valence-corrected chi connectivity index (χ2v) is 4.84. The van der Waals surface area contributed by atoms with Crippen molar-refractivity contribution < 1.29 is 0 Å². The van der Waals surface area contributed by atoms with Gasteiger partial charge in [0.2, 0.25) is 0 Å². The standard InChI is InChI=1S/C16H30/c1-4-6-8-9-10-11-12-13-15-16(3)14-7-5-2/h16H,4-6,8-13,15H2,1-3H3. The Morgan fingerprint density at radius 1 is 0.812 bits per heavy atom. The van der Waals surface area contributed by atoms with Crippen LogP contribution in [-0.4, -0.2) is 0 Å². The Bertz CT molecular complexity index is 182. The van der Waals surface area contributed by atoms with E-state index in [9.17, 15) is 0 Å². The van der Waals surface area contributed by atoms with Crippen LogP contribution in [0.1, 0.15) is 85.0 Å². The van der Waals surface area contributed by atoms with E-state index in [4.69, 9.17) is 0 Å². The highest BCUT2D eigenvalue weighted by Crippen LogP contribution is 2.12. The first-order valence-corrected chi connectivity index (χ1v) is 7.29. The summed E-state index contributed by atoms with van der Waals surface area (Å²) >= 11 is 0. The summed E-state index contributed by atoms with van der Waals surface area (Å²) < 4.78 is 0. The largest absolute Gasteiger partial charge is 0.103 e. The van der Waals surface area contributed by atoms with E-state index in [1.807, 2.05) is 0 Å². The van der Waals surface area contributed by atoms with Gasteiger partial charge in [-0.1, -0.05) is 72.1 Å². The highest BCUT2D eigenvalue weighted by molar-refractivity contribution is 5.01. The van der Waals surface area contributed by atoms with Gasteiger partial charge in [-0.25, -0.2) is 0 Å². The topological polar surface area (TPSA) is 0 Å². The van der Waals surface area contributed by atoms with Crippen molar-refractivity contribution in [3.05, 3.63) is 0 Å². The lowest BCUT2D eigenvalue weighted by Crippen LogP contribution is -1.90. The average Bonchev–Trinajstić information content (AvgIpc) is 2.30. The summed E-state index contributed by atoms with van der Waals surface area (Å²) in [5.74, 6) is 7.09. The zero-order chi connectivity index (χ0) is 12.1. The van der Waals surface area contributed by atoms with Crippen molar-refractivity contribution in [2.24, 2.45) is 5.92 Å². The second-order valence-electron chi connectivity index (χ2n) is 4.84. The molecule has 1 unspecified atom stereocenters. The second kappa shape index (κ2) is 12.6. The molecular weight excluding hydrogens is 192 g/mol. The molecule has 0 aliphatic rings. The molecule has 16 heavy (non-hydrogen) atoms. The van der Waals surface area contributed by atoms with Crippen LogP contribution in [0.2, 0.25) is 0 Å². The van der Waals surface area contributed by atoms with Crippen molar-refractivity contribution in [2.45, 2.75) is 85.0 Å².